The first-order valence-electron chi connectivity index (χ1n) is 6.17. The quantitative estimate of drug-likeness (QED) is 0.557. The summed E-state index contributed by atoms with van der Waals surface area (Å²) in [5, 5.41) is 0. The van der Waals surface area contributed by atoms with E-state index < -0.39 is 18.0 Å². The second-order valence-electron chi connectivity index (χ2n) is 3.81. The third kappa shape index (κ3) is 5.90. The van der Waals surface area contributed by atoms with Crippen LogP contribution in [0, 0.1) is 0 Å². The average molecular weight is 266 g/mol. The van der Waals surface area contributed by atoms with Crippen LogP contribution >= 0.6 is 0 Å². The van der Waals surface area contributed by atoms with Crippen LogP contribution in [0.2, 0.25) is 0 Å². The fourth-order valence-corrected chi connectivity index (χ4v) is 1.26. The van der Waals surface area contributed by atoms with Gasteiger partial charge in [0, 0.05) is 6.42 Å². The summed E-state index contributed by atoms with van der Waals surface area (Å²) in [6.45, 7) is 3.51. The van der Waals surface area contributed by atoms with Crippen molar-refractivity contribution in [1.82, 2.24) is 0 Å². The molecular formula is C14H18O5. The maximum atomic E-state index is 11.5. The zero-order valence-electron chi connectivity index (χ0n) is 11.1. The van der Waals surface area contributed by atoms with E-state index in [0.29, 0.717) is 5.75 Å². The molecule has 1 aromatic rings. The summed E-state index contributed by atoms with van der Waals surface area (Å²) < 4.78 is 15.1. The molecule has 0 spiro atoms. The van der Waals surface area contributed by atoms with Gasteiger partial charge in [0.25, 0.3) is 0 Å². The fourth-order valence-electron chi connectivity index (χ4n) is 1.26. The van der Waals surface area contributed by atoms with Crippen molar-refractivity contribution in [1.29, 1.82) is 0 Å². The van der Waals surface area contributed by atoms with Crippen LogP contribution < -0.4 is 4.74 Å². The van der Waals surface area contributed by atoms with E-state index >= 15 is 0 Å². The number of para-hydroxylation sites is 1. The van der Waals surface area contributed by atoms with Crippen LogP contribution in [-0.4, -0.2) is 31.3 Å². The molecule has 0 bridgehead atoms. The highest BCUT2D eigenvalue weighted by Crippen LogP contribution is 2.07. The summed E-state index contributed by atoms with van der Waals surface area (Å²) in [5.74, 6) is -0.285. The summed E-state index contributed by atoms with van der Waals surface area (Å²) >= 11 is 0. The number of carbonyl (C=O) groups is 2. The minimum Gasteiger partial charge on any atom is -0.490 e. The zero-order chi connectivity index (χ0) is 14.1. The maximum absolute atomic E-state index is 11.5. The van der Waals surface area contributed by atoms with Crippen LogP contribution in [0.3, 0.4) is 0 Å². The van der Waals surface area contributed by atoms with Crippen molar-refractivity contribution in [3.8, 4) is 5.75 Å². The minimum absolute atomic E-state index is 0.113. The maximum Gasteiger partial charge on any atom is 0.347 e. The Hall–Kier alpha value is -2.04. The van der Waals surface area contributed by atoms with Gasteiger partial charge in [0.2, 0.25) is 0 Å². The number of hydrogen-bond donors (Lipinski definition) is 0. The molecule has 0 aliphatic heterocycles. The highest BCUT2D eigenvalue weighted by molar-refractivity contribution is 5.78. The van der Waals surface area contributed by atoms with E-state index in [1.54, 1.807) is 6.92 Å². The Labute approximate surface area is 112 Å². The van der Waals surface area contributed by atoms with Gasteiger partial charge in [-0.25, -0.2) is 4.79 Å². The zero-order valence-corrected chi connectivity index (χ0v) is 11.1. The van der Waals surface area contributed by atoms with E-state index in [-0.39, 0.29) is 19.6 Å². The summed E-state index contributed by atoms with van der Waals surface area (Å²) in [4.78, 5) is 22.4. The van der Waals surface area contributed by atoms with Gasteiger partial charge >= 0.3 is 11.9 Å². The third-order valence-corrected chi connectivity index (χ3v) is 2.27. The summed E-state index contributed by atoms with van der Waals surface area (Å²) in [7, 11) is 0. The van der Waals surface area contributed by atoms with Gasteiger partial charge in [0.15, 0.2) is 6.10 Å². The summed E-state index contributed by atoms with van der Waals surface area (Å²) in [6.07, 6.45) is -0.654. The van der Waals surface area contributed by atoms with Crippen LogP contribution in [-0.2, 0) is 19.1 Å². The van der Waals surface area contributed by atoms with Gasteiger partial charge in [-0.05, 0) is 19.1 Å². The van der Waals surface area contributed by atoms with Gasteiger partial charge < -0.3 is 14.2 Å². The lowest BCUT2D eigenvalue weighted by Gasteiger charge is -2.12. The van der Waals surface area contributed by atoms with Gasteiger partial charge in [-0.3, -0.25) is 4.79 Å². The topological polar surface area (TPSA) is 61.8 Å². The Bertz CT molecular complexity index is 402. The number of hydrogen-bond acceptors (Lipinski definition) is 5. The van der Waals surface area contributed by atoms with Gasteiger partial charge in [0.1, 0.15) is 19.0 Å². The van der Waals surface area contributed by atoms with E-state index in [0.717, 1.165) is 0 Å². The molecule has 1 aromatic carbocycles. The van der Waals surface area contributed by atoms with Gasteiger partial charge in [-0.2, -0.15) is 0 Å². The van der Waals surface area contributed by atoms with Crippen molar-refractivity contribution in [2.24, 2.45) is 0 Å². The fraction of sp³-hybridized carbons (Fsp3) is 0.429. The molecular weight excluding hydrogens is 248 g/mol. The van der Waals surface area contributed by atoms with Gasteiger partial charge in [-0.15, -0.1) is 0 Å². The second-order valence-corrected chi connectivity index (χ2v) is 3.81. The predicted octanol–water partition coefficient (Wildman–Crippen LogP) is 1.95. The van der Waals surface area contributed by atoms with Crippen LogP contribution in [0.4, 0.5) is 0 Å². The van der Waals surface area contributed by atoms with Crippen LogP contribution in [0.5, 0.6) is 5.75 Å². The van der Waals surface area contributed by atoms with Crippen molar-refractivity contribution in [3.63, 3.8) is 0 Å². The molecule has 5 heteroatoms. The molecule has 0 aliphatic carbocycles. The van der Waals surface area contributed by atoms with Crippen molar-refractivity contribution >= 4 is 11.9 Å². The highest BCUT2D eigenvalue weighted by atomic mass is 16.6. The Morgan fingerprint density at radius 3 is 2.47 bits per heavy atom. The lowest BCUT2D eigenvalue weighted by molar-refractivity contribution is -0.166. The van der Waals surface area contributed by atoms with Crippen LogP contribution in [0.25, 0.3) is 0 Å². The molecule has 0 radical (unpaired) electrons. The SMILES string of the molecule is CCC(=O)OC(C)C(=O)OCCOc1ccccc1. The normalized spacial score (nSPS) is 11.5. The molecule has 0 amide bonds. The molecule has 5 nitrogen and oxygen atoms in total. The Morgan fingerprint density at radius 2 is 1.84 bits per heavy atom. The number of rotatable bonds is 7. The Balaban J connectivity index is 2.18. The van der Waals surface area contributed by atoms with Crippen molar-refractivity contribution < 1.29 is 23.8 Å². The van der Waals surface area contributed by atoms with Crippen molar-refractivity contribution in [3.05, 3.63) is 30.3 Å². The van der Waals surface area contributed by atoms with Crippen molar-refractivity contribution in [2.75, 3.05) is 13.2 Å². The predicted molar refractivity (Wildman–Crippen MR) is 68.7 cm³/mol. The van der Waals surface area contributed by atoms with Gasteiger partial charge in [-0.1, -0.05) is 25.1 Å². The molecule has 1 unspecified atom stereocenters. The summed E-state index contributed by atoms with van der Waals surface area (Å²) in [5.41, 5.74) is 0. The molecule has 0 aromatic heterocycles. The molecule has 0 heterocycles. The molecule has 0 saturated heterocycles. The van der Waals surface area contributed by atoms with E-state index in [9.17, 15) is 9.59 Å². The van der Waals surface area contributed by atoms with E-state index in [1.165, 1.54) is 6.92 Å². The first-order chi connectivity index (χ1) is 9.13. The van der Waals surface area contributed by atoms with Crippen molar-refractivity contribution in [2.45, 2.75) is 26.4 Å². The highest BCUT2D eigenvalue weighted by Gasteiger charge is 2.18. The average Bonchev–Trinajstić information content (AvgIpc) is 2.44. The monoisotopic (exact) mass is 266 g/mol. The molecule has 1 rings (SSSR count). The second kappa shape index (κ2) is 8.13. The van der Waals surface area contributed by atoms with Gasteiger partial charge in [0.05, 0.1) is 0 Å². The van der Waals surface area contributed by atoms with E-state index in [1.807, 2.05) is 30.3 Å². The third-order valence-electron chi connectivity index (χ3n) is 2.27. The van der Waals surface area contributed by atoms with Crippen LogP contribution in [0.15, 0.2) is 30.3 Å². The standard InChI is InChI=1S/C14H18O5/c1-3-13(15)19-11(2)14(16)18-10-9-17-12-7-5-4-6-8-12/h4-8,11H,3,9-10H2,1-2H3. The molecule has 0 saturated carbocycles. The first kappa shape index (κ1) is 15.0. The molecule has 104 valence electrons. The number of benzene rings is 1. The number of esters is 2. The number of carbonyl (C=O) groups excluding carboxylic acids is 2. The molecule has 0 N–H and O–H groups in total. The molecule has 19 heavy (non-hydrogen) atoms. The largest absolute Gasteiger partial charge is 0.490 e. The number of ether oxygens (including phenoxy) is 3. The molecule has 0 fully saturated rings. The first-order valence-corrected chi connectivity index (χ1v) is 6.17. The Kier molecular flexibility index (Phi) is 6.43. The molecule has 0 aliphatic rings. The van der Waals surface area contributed by atoms with E-state index in [4.69, 9.17) is 14.2 Å². The smallest absolute Gasteiger partial charge is 0.347 e. The lowest BCUT2D eigenvalue weighted by Crippen LogP contribution is -2.27. The summed E-state index contributed by atoms with van der Waals surface area (Å²) in [6, 6.07) is 9.22. The van der Waals surface area contributed by atoms with Crippen LogP contribution in [0.1, 0.15) is 20.3 Å². The minimum atomic E-state index is -0.885. The lowest BCUT2D eigenvalue weighted by atomic mass is 10.3. The van der Waals surface area contributed by atoms with E-state index in [2.05, 4.69) is 0 Å². The molecule has 1 atom stereocenters. The Morgan fingerprint density at radius 1 is 1.16 bits per heavy atom.